The monoisotopic (exact) mass is 512 g/mol. The third-order valence-electron chi connectivity index (χ3n) is 1.13. The van der Waals surface area contributed by atoms with Crippen molar-refractivity contribution < 1.29 is 74.7 Å². The van der Waals surface area contributed by atoms with Crippen LogP contribution in [0.2, 0.25) is 0 Å². The molecule has 0 aliphatic rings. The Morgan fingerprint density at radius 3 is 1.32 bits per heavy atom. The quantitative estimate of drug-likeness (QED) is 0.203. The summed E-state index contributed by atoms with van der Waals surface area (Å²) in [6, 6.07) is 0. The average Bonchev–Trinajstić information content (AvgIpc) is 2.93. The number of carbonyl (C=O) groups excluding carboxylic acids is 2. The second-order valence-electron chi connectivity index (χ2n) is 2.14. The molecule has 0 fully saturated rings. The van der Waals surface area contributed by atoms with E-state index in [2.05, 4.69) is 30.4 Å². The van der Waals surface area contributed by atoms with Gasteiger partial charge in [-0.1, -0.05) is 0 Å². The molecule has 0 saturated carbocycles. The van der Waals surface area contributed by atoms with Gasteiger partial charge in [0.2, 0.25) is 0 Å². The zero-order valence-corrected chi connectivity index (χ0v) is 16.3. The van der Waals surface area contributed by atoms with Crippen LogP contribution >= 0.6 is 0 Å². The van der Waals surface area contributed by atoms with Gasteiger partial charge in [-0.15, -0.1) is 0 Å². The first-order chi connectivity index (χ1) is 7.61. The summed E-state index contributed by atoms with van der Waals surface area (Å²) in [4.78, 5) is 26.0. The predicted octanol–water partition coefficient (Wildman–Crippen LogP) is -6.74. The second-order valence-corrected chi connectivity index (χ2v) is 2.14. The first kappa shape index (κ1) is 83.3. The topological polar surface area (TPSA) is 496 Å². The molecule has 180 valence electrons. The Kier molecular flexibility index (Phi) is 132. The standard InChI is InChI=1S/2C3H3N3O2.6H3N.2Ni.4H2O/c2*7-3(8)2-4-1-5-6-2;;;;;;;;;;;;/h2*1H,(H2,4,5,6,7,8);6*1H3;;;4*1H2/q;;;;;;;;2*+2;;;;/p-4. The molecule has 2 aromatic rings. The Balaban J connectivity index is -0.0000000128. The molecular formula is C6H28N12Ni2O8. The Morgan fingerprint density at radius 1 is 0.786 bits per heavy atom. The Hall–Kier alpha value is -2.19. The van der Waals surface area contributed by atoms with Gasteiger partial charge < -0.3 is 104 Å². The minimum Gasteiger partial charge on any atom is -0.546 e. The molecule has 0 spiro atoms. The van der Waals surface area contributed by atoms with Crippen LogP contribution in [0.15, 0.2) is 12.7 Å². The zero-order chi connectivity index (χ0) is 12.0. The summed E-state index contributed by atoms with van der Waals surface area (Å²) in [7, 11) is 0. The van der Waals surface area contributed by atoms with Crippen LogP contribution in [-0.2, 0) is 33.0 Å². The number of aromatic carboxylic acids is 2. The van der Waals surface area contributed by atoms with Crippen molar-refractivity contribution in [1.82, 2.24) is 67.3 Å². The summed E-state index contributed by atoms with van der Waals surface area (Å²) in [6.45, 7) is 0. The van der Waals surface area contributed by atoms with E-state index in [9.17, 15) is 19.8 Å². The van der Waals surface area contributed by atoms with Crippen molar-refractivity contribution in [1.29, 1.82) is 0 Å². The van der Waals surface area contributed by atoms with Gasteiger partial charge in [0.15, 0.2) is 0 Å². The molecule has 22 heteroatoms. The molecule has 28 heavy (non-hydrogen) atoms. The number of nitrogens with zero attached hydrogens (tertiary/aromatic N) is 6. The van der Waals surface area contributed by atoms with Crippen molar-refractivity contribution in [3.8, 4) is 0 Å². The molecule has 2 aromatic heterocycles. The van der Waals surface area contributed by atoms with Crippen LogP contribution in [0.3, 0.4) is 0 Å². The van der Waals surface area contributed by atoms with E-state index in [1.54, 1.807) is 0 Å². The fourth-order valence-electron chi connectivity index (χ4n) is 0.561. The number of hydrogen-bond acceptors (Lipinski definition) is 14. The first-order valence-electron chi connectivity index (χ1n) is 3.64. The maximum atomic E-state index is 9.79. The molecule has 0 atom stereocenters. The molecule has 0 amide bonds. The fraction of sp³-hybridized carbons (Fsp3) is 0. The van der Waals surface area contributed by atoms with Gasteiger partial charge in [-0.3, -0.25) is 5.10 Å². The van der Waals surface area contributed by atoms with Crippen molar-refractivity contribution in [2.75, 3.05) is 0 Å². The van der Waals surface area contributed by atoms with Crippen molar-refractivity contribution in [3.63, 3.8) is 0 Å². The van der Waals surface area contributed by atoms with Crippen LogP contribution in [0.25, 0.3) is 0 Å². The molecule has 2 heterocycles. The molecule has 0 unspecified atom stereocenters. The van der Waals surface area contributed by atoms with Crippen LogP contribution in [0.1, 0.15) is 21.2 Å². The van der Waals surface area contributed by atoms with E-state index in [4.69, 9.17) is 0 Å². The van der Waals surface area contributed by atoms with Crippen LogP contribution in [0.4, 0.5) is 0 Å². The molecule has 2 rings (SSSR count). The van der Waals surface area contributed by atoms with Gasteiger partial charge in [0.25, 0.3) is 0 Å². The van der Waals surface area contributed by atoms with Crippen LogP contribution < -0.4 is 57.2 Å². The molecule has 0 radical (unpaired) electrons. The molecule has 0 bridgehead atoms. The minimum absolute atomic E-state index is 0. The van der Waals surface area contributed by atoms with E-state index in [1.807, 2.05) is 0 Å². The second kappa shape index (κ2) is 44.3. The van der Waals surface area contributed by atoms with Gasteiger partial charge in [-0.05, 0) is 12.2 Å². The fourth-order valence-corrected chi connectivity index (χ4v) is 0.561. The Labute approximate surface area is 178 Å². The number of hydrogen-bond donors (Lipinski definition) is 6. The van der Waals surface area contributed by atoms with Gasteiger partial charge in [0.05, 0.1) is 11.9 Å². The first-order valence-corrected chi connectivity index (χ1v) is 3.64. The number of carboxylic acid groups (broad SMARTS) is 2. The van der Waals surface area contributed by atoms with E-state index >= 15 is 0 Å². The normalized spacial score (nSPS) is 5.14. The van der Waals surface area contributed by atoms with E-state index < -0.39 is 11.9 Å². The largest absolute Gasteiger partial charge is 2.00 e. The third kappa shape index (κ3) is 31.6. The maximum absolute atomic E-state index is 9.79. The number of carboxylic acids is 2. The molecule has 0 aromatic carbocycles. The van der Waals surface area contributed by atoms with Gasteiger partial charge in [0, 0.05) is 12.2 Å². The Morgan fingerprint density at radius 2 is 1.18 bits per heavy atom. The van der Waals surface area contributed by atoms with Gasteiger partial charge in [0.1, 0.15) is 0 Å². The number of carbonyl (C=O) groups is 2. The maximum Gasteiger partial charge on any atom is 2.00 e. The van der Waals surface area contributed by atoms with Crippen molar-refractivity contribution in [2.45, 2.75) is 0 Å². The zero-order valence-electron chi connectivity index (χ0n) is 14.3. The Bertz CT molecular complexity index is 430. The van der Waals surface area contributed by atoms with Crippen LogP contribution in [0.5, 0.6) is 0 Å². The minimum atomic E-state index is -1.40. The van der Waals surface area contributed by atoms with Gasteiger partial charge in [-0.25, -0.2) is 0 Å². The predicted molar refractivity (Wildman–Crippen MR) is 84.0 cm³/mol. The SMILES string of the molecule is N.N.N.N.N.N.O.O.O.O.O=C([O-])c1ncn[n-]1.O=C([O-])c1nnc[n-]1.[Ni+2].[Ni+2]. The van der Waals surface area contributed by atoms with E-state index in [1.165, 1.54) is 0 Å². The molecule has 0 aliphatic heterocycles. The molecule has 0 aliphatic carbocycles. The summed E-state index contributed by atoms with van der Waals surface area (Å²) < 4.78 is 0. The summed E-state index contributed by atoms with van der Waals surface area (Å²) >= 11 is 0. The number of aromatic nitrogens is 6. The van der Waals surface area contributed by atoms with Crippen LogP contribution in [-0.4, -0.2) is 54.1 Å². The van der Waals surface area contributed by atoms with Crippen molar-refractivity contribution >= 4 is 11.9 Å². The van der Waals surface area contributed by atoms with E-state index in [0.717, 1.165) is 12.7 Å². The number of rotatable bonds is 2. The summed E-state index contributed by atoms with van der Waals surface area (Å²) in [5.41, 5.74) is 0. The van der Waals surface area contributed by atoms with Crippen molar-refractivity contribution in [3.05, 3.63) is 24.3 Å². The summed E-state index contributed by atoms with van der Waals surface area (Å²) in [5, 5.41) is 32.1. The molecular weight excluding hydrogens is 486 g/mol. The smallest absolute Gasteiger partial charge is 0.546 e. The van der Waals surface area contributed by atoms with E-state index in [-0.39, 0.29) is 103 Å². The van der Waals surface area contributed by atoms with Crippen LogP contribution in [0, 0.1) is 0 Å². The van der Waals surface area contributed by atoms with Crippen molar-refractivity contribution in [2.24, 2.45) is 0 Å². The average molecular weight is 514 g/mol. The molecule has 0 saturated heterocycles. The van der Waals surface area contributed by atoms with Gasteiger partial charge >= 0.3 is 33.0 Å². The van der Waals surface area contributed by atoms with E-state index in [0.29, 0.717) is 0 Å². The summed E-state index contributed by atoms with van der Waals surface area (Å²) in [5.74, 6) is -3.54. The van der Waals surface area contributed by atoms with Gasteiger partial charge in [-0.2, -0.15) is 0 Å². The summed E-state index contributed by atoms with van der Waals surface area (Å²) in [6.07, 6.45) is 2.09. The molecule has 26 N–H and O–H groups in total. The third-order valence-corrected chi connectivity index (χ3v) is 1.13. The molecule has 20 nitrogen and oxygen atoms in total.